The number of benzene rings is 2. The maximum Gasteiger partial charge on any atom is 0.101 e. The number of nitriles is 1. The Morgan fingerprint density at radius 2 is 1.89 bits per heavy atom. The highest BCUT2D eigenvalue weighted by Crippen LogP contribution is 2.22. The van der Waals surface area contributed by atoms with E-state index in [4.69, 9.17) is 28.5 Å². The van der Waals surface area contributed by atoms with E-state index in [0.717, 1.165) is 5.56 Å². The molecule has 0 heterocycles. The van der Waals surface area contributed by atoms with E-state index in [1.165, 1.54) is 0 Å². The van der Waals surface area contributed by atoms with Crippen molar-refractivity contribution >= 4 is 28.9 Å². The molecule has 0 bridgehead atoms. The third-order valence-electron chi connectivity index (χ3n) is 2.53. The minimum atomic E-state index is 0.550. The Balaban J connectivity index is 2.18. The van der Waals surface area contributed by atoms with Crippen LogP contribution in [0.1, 0.15) is 11.1 Å². The van der Waals surface area contributed by atoms with Crippen molar-refractivity contribution in [2.45, 2.75) is 6.54 Å². The number of hydrogen-bond acceptors (Lipinski definition) is 2. The topological polar surface area (TPSA) is 35.8 Å². The zero-order valence-electron chi connectivity index (χ0n) is 9.45. The van der Waals surface area contributed by atoms with Gasteiger partial charge in [-0.05, 0) is 29.8 Å². The molecule has 0 atom stereocenters. The smallest absolute Gasteiger partial charge is 0.101 e. The second-order valence-corrected chi connectivity index (χ2v) is 4.59. The Kier molecular flexibility index (Phi) is 4.09. The molecule has 0 saturated heterocycles. The average Bonchev–Trinajstić information content (AvgIpc) is 2.38. The van der Waals surface area contributed by atoms with Crippen molar-refractivity contribution in [2.75, 3.05) is 5.32 Å². The lowest BCUT2D eigenvalue weighted by atomic mass is 10.1. The van der Waals surface area contributed by atoms with Crippen LogP contribution in [-0.4, -0.2) is 0 Å². The van der Waals surface area contributed by atoms with Gasteiger partial charge >= 0.3 is 0 Å². The van der Waals surface area contributed by atoms with Gasteiger partial charge in [-0.3, -0.25) is 0 Å². The third-order valence-corrected chi connectivity index (χ3v) is 3.13. The maximum absolute atomic E-state index is 9.00. The van der Waals surface area contributed by atoms with E-state index < -0.39 is 0 Å². The van der Waals surface area contributed by atoms with Crippen molar-refractivity contribution < 1.29 is 0 Å². The summed E-state index contributed by atoms with van der Waals surface area (Å²) in [7, 11) is 0. The van der Waals surface area contributed by atoms with Gasteiger partial charge in [0.15, 0.2) is 0 Å². The van der Waals surface area contributed by atoms with Gasteiger partial charge in [0, 0.05) is 16.6 Å². The Morgan fingerprint density at radius 1 is 1.11 bits per heavy atom. The number of nitrogens with zero attached hydrogens (tertiary/aromatic N) is 1. The number of nitrogens with one attached hydrogen (secondary N) is 1. The Morgan fingerprint density at radius 3 is 2.61 bits per heavy atom. The molecule has 18 heavy (non-hydrogen) atoms. The summed E-state index contributed by atoms with van der Waals surface area (Å²) in [5, 5.41) is 13.5. The highest BCUT2D eigenvalue weighted by Gasteiger charge is 2.04. The van der Waals surface area contributed by atoms with Gasteiger partial charge in [-0.2, -0.15) is 5.26 Å². The fourth-order valence-corrected chi connectivity index (χ4v) is 1.97. The van der Waals surface area contributed by atoms with Crippen molar-refractivity contribution in [3.8, 4) is 6.07 Å². The monoisotopic (exact) mass is 276 g/mol. The van der Waals surface area contributed by atoms with Gasteiger partial charge in [0.05, 0.1) is 11.3 Å². The van der Waals surface area contributed by atoms with E-state index in [1.54, 1.807) is 18.2 Å². The summed E-state index contributed by atoms with van der Waals surface area (Å²) in [6.07, 6.45) is 0. The van der Waals surface area contributed by atoms with Gasteiger partial charge < -0.3 is 5.32 Å². The van der Waals surface area contributed by atoms with Gasteiger partial charge in [0.1, 0.15) is 6.07 Å². The largest absolute Gasteiger partial charge is 0.380 e. The second-order valence-electron chi connectivity index (χ2n) is 3.75. The zero-order chi connectivity index (χ0) is 13.0. The van der Waals surface area contributed by atoms with Crippen molar-refractivity contribution in [3.63, 3.8) is 0 Å². The van der Waals surface area contributed by atoms with Crippen molar-refractivity contribution in [2.24, 2.45) is 0 Å². The lowest BCUT2D eigenvalue weighted by Crippen LogP contribution is -2.01. The fraction of sp³-hybridized carbons (Fsp3) is 0.0714. The first-order valence-electron chi connectivity index (χ1n) is 5.37. The first-order chi connectivity index (χ1) is 8.70. The molecule has 2 rings (SSSR count). The average molecular weight is 277 g/mol. The summed E-state index contributed by atoms with van der Waals surface area (Å²) in [6, 6.07) is 14.8. The SMILES string of the molecule is N#Cc1ccc(Cl)cc1NCc1ccccc1Cl. The third kappa shape index (κ3) is 2.95. The number of hydrogen-bond donors (Lipinski definition) is 1. The van der Waals surface area contributed by atoms with Gasteiger partial charge in [-0.25, -0.2) is 0 Å². The van der Waals surface area contributed by atoms with Crippen LogP contribution in [0.5, 0.6) is 0 Å². The van der Waals surface area contributed by atoms with Crippen molar-refractivity contribution in [3.05, 3.63) is 63.6 Å². The minimum absolute atomic E-state index is 0.550. The van der Waals surface area contributed by atoms with E-state index in [1.807, 2.05) is 24.3 Å². The molecule has 0 aliphatic heterocycles. The lowest BCUT2D eigenvalue weighted by Gasteiger charge is -2.09. The van der Waals surface area contributed by atoms with E-state index in [-0.39, 0.29) is 0 Å². The number of rotatable bonds is 3. The summed E-state index contributed by atoms with van der Waals surface area (Å²) in [6.45, 7) is 0.550. The molecular weight excluding hydrogens is 267 g/mol. The quantitative estimate of drug-likeness (QED) is 0.898. The van der Waals surface area contributed by atoms with Crippen LogP contribution in [0.4, 0.5) is 5.69 Å². The fourth-order valence-electron chi connectivity index (χ4n) is 1.59. The Labute approximate surface area is 116 Å². The molecule has 2 aromatic rings. The molecule has 0 spiro atoms. The first-order valence-corrected chi connectivity index (χ1v) is 6.13. The summed E-state index contributed by atoms with van der Waals surface area (Å²) in [5.74, 6) is 0. The Bertz CT molecular complexity index is 603. The van der Waals surface area contributed by atoms with Gasteiger partial charge in [0.2, 0.25) is 0 Å². The second kappa shape index (κ2) is 5.77. The minimum Gasteiger partial charge on any atom is -0.380 e. The Hall–Kier alpha value is -1.69. The maximum atomic E-state index is 9.00. The molecule has 1 N–H and O–H groups in total. The molecule has 0 aliphatic rings. The van der Waals surface area contributed by atoms with E-state index in [9.17, 15) is 0 Å². The van der Waals surface area contributed by atoms with Crippen molar-refractivity contribution in [1.82, 2.24) is 0 Å². The molecule has 0 aromatic heterocycles. The van der Waals surface area contributed by atoms with Crippen LogP contribution in [0.15, 0.2) is 42.5 Å². The van der Waals surface area contributed by atoms with Crippen LogP contribution in [0.25, 0.3) is 0 Å². The van der Waals surface area contributed by atoms with Crippen LogP contribution in [0.3, 0.4) is 0 Å². The molecule has 0 radical (unpaired) electrons. The molecule has 0 amide bonds. The molecule has 0 fully saturated rings. The molecular formula is C14H10Cl2N2. The molecule has 2 aromatic carbocycles. The molecule has 0 unspecified atom stereocenters. The lowest BCUT2D eigenvalue weighted by molar-refractivity contribution is 1.15. The highest BCUT2D eigenvalue weighted by atomic mass is 35.5. The van der Waals surface area contributed by atoms with Crippen LogP contribution in [0.2, 0.25) is 10.0 Å². The van der Waals surface area contributed by atoms with E-state index >= 15 is 0 Å². The molecule has 2 nitrogen and oxygen atoms in total. The van der Waals surface area contributed by atoms with Crippen LogP contribution in [0, 0.1) is 11.3 Å². The summed E-state index contributed by atoms with van der Waals surface area (Å²) in [5.41, 5.74) is 2.25. The van der Waals surface area contributed by atoms with Crippen LogP contribution < -0.4 is 5.32 Å². The van der Waals surface area contributed by atoms with Gasteiger partial charge in [0.25, 0.3) is 0 Å². The normalized spacial score (nSPS) is 9.83. The van der Waals surface area contributed by atoms with Crippen molar-refractivity contribution in [1.29, 1.82) is 5.26 Å². The molecule has 0 saturated carbocycles. The predicted molar refractivity (Wildman–Crippen MR) is 74.9 cm³/mol. The summed E-state index contributed by atoms with van der Waals surface area (Å²) in [4.78, 5) is 0. The first kappa shape index (κ1) is 12.8. The molecule has 0 aliphatic carbocycles. The summed E-state index contributed by atoms with van der Waals surface area (Å²) < 4.78 is 0. The van der Waals surface area contributed by atoms with E-state index in [2.05, 4.69) is 11.4 Å². The van der Waals surface area contributed by atoms with Crippen LogP contribution >= 0.6 is 23.2 Å². The zero-order valence-corrected chi connectivity index (χ0v) is 11.0. The number of anilines is 1. The highest BCUT2D eigenvalue weighted by molar-refractivity contribution is 6.31. The van der Waals surface area contributed by atoms with Crippen LogP contribution in [-0.2, 0) is 6.54 Å². The van der Waals surface area contributed by atoms with Gasteiger partial charge in [-0.1, -0.05) is 41.4 Å². The standard InChI is InChI=1S/C14H10Cl2N2/c15-12-6-5-10(8-17)14(7-12)18-9-11-3-1-2-4-13(11)16/h1-7,18H,9H2. The molecule has 90 valence electrons. The predicted octanol–water partition coefficient (Wildman–Crippen LogP) is 4.48. The number of halogens is 2. The summed E-state index contributed by atoms with van der Waals surface area (Å²) >= 11 is 12.0. The van der Waals surface area contributed by atoms with Gasteiger partial charge in [-0.15, -0.1) is 0 Å². The molecule has 4 heteroatoms. The van der Waals surface area contributed by atoms with E-state index in [0.29, 0.717) is 27.8 Å².